The standard InChI is InChI=1S/C25H18N2O5/c1-2-32-25(29)23-18-11-7-6-10-17(18)22-21(15-8-4-3-5-9-15)20-14-16(27(30)31)12-13-19(20)24(28)26(22)23/h3-14,23H,2H2,1H3. The van der Waals surface area contributed by atoms with Gasteiger partial charge in [-0.25, -0.2) is 4.79 Å². The number of nitrogens with zero attached hydrogens (tertiary/aromatic N) is 2. The largest absolute Gasteiger partial charge is 0.464 e. The SMILES string of the molecule is CCOC(=O)C1c2ccccc2-c2c(-c3ccccc3)c3cc([N+](=O)[O-])ccc3c(=O)n21. The molecule has 3 aromatic carbocycles. The van der Waals surface area contributed by atoms with E-state index in [9.17, 15) is 19.7 Å². The van der Waals surface area contributed by atoms with E-state index in [1.165, 1.54) is 22.8 Å². The molecule has 7 nitrogen and oxygen atoms in total. The molecule has 1 aromatic heterocycles. The van der Waals surface area contributed by atoms with E-state index in [-0.39, 0.29) is 17.9 Å². The number of hydrogen-bond acceptors (Lipinski definition) is 5. The van der Waals surface area contributed by atoms with Crippen molar-refractivity contribution < 1.29 is 14.5 Å². The number of nitro benzene ring substituents is 1. The number of ether oxygens (including phenoxy) is 1. The smallest absolute Gasteiger partial charge is 0.333 e. The monoisotopic (exact) mass is 426 g/mol. The molecule has 0 saturated heterocycles. The molecule has 4 aromatic rings. The van der Waals surface area contributed by atoms with E-state index >= 15 is 0 Å². The third-order valence-corrected chi connectivity index (χ3v) is 5.75. The van der Waals surface area contributed by atoms with Crippen LogP contribution >= 0.6 is 0 Å². The molecule has 0 spiro atoms. The van der Waals surface area contributed by atoms with Crippen LogP contribution in [0.1, 0.15) is 18.5 Å². The van der Waals surface area contributed by atoms with Gasteiger partial charge < -0.3 is 4.74 Å². The van der Waals surface area contributed by atoms with Gasteiger partial charge in [0.15, 0.2) is 6.04 Å². The van der Waals surface area contributed by atoms with Crippen molar-refractivity contribution in [3.8, 4) is 22.4 Å². The first-order chi connectivity index (χ1) is 15.5. The Bertz CT molecular complexity index is 1460. The van der Waals surface area contributed by atoms with Gasteiger partial charge in [0.2, 0.25) is 0 Å². The second-order valence-corrected chi connectivity index (χ2v) is 7.49. The fourth-order valence-electron chi connectivity index (χ4n) is 4.47. The molecular formula is C25H18N2O5. The average Bonchev–Trinajstić information content (AvgIpc) is 3.15. The van der Waals surface area contributed by atoms with Crippen molar-refractivity contribution in [3.63, 3.8) is 0 Å². The number of rotatable bonds is 4. The van der Waals surface area contributed by atoms with Gasteiger partial charge in [0.1, 0.15) is 0 Å². The van der Waals surface area contributed by atoms with Gasteiger partial charge in [-0.05, 0) is 24.1 Å². The lowest BCUT2D eigenvalue weighted by atomic mass is 9.93. The number of benzene rings is 3. The second kappa shape index (κ2) is 7.46. The summed E-state index contributed by atoms with van der Waals surface area (Å²) in [4.78, 5) is 37.6. The van der Waals surface area contributed by atoms with Crippen LogP contribution in [-0.2, 0) is 9.53 Å². The van der Waals surface area contributed by atoms with Gasteiger partial charge in [-0.2, -0.15) is 0 Å². The molecule has 0 amide bonds. The summed E-state index contributed by atoms with van der Waals surface area (Å²) in [5.74, 6) is -0.513. The Morgan fingerprint density at radius 2 is 1.75 bits per heavy atom. The van der Waals surface area contributed by atoms with Crippen molar-refractivity contribution in [2.45, 2.75) is 13.0 Å². The van der Waals surface area contributed by atoms with Crippen molar-refractivity contribution in [3.05, 3.63) is 98.8 Å². The van der Waals surface area contributed by atoms with Crippen molar-refractivity contribution in [1.29, 1.82) is 0 Å². The first-order valence-corrected chi connectivity index (χ1v) is 10.2. The Morgan fingerprint density at radius 3 is 2.47 bits per heavy atom. The molecule has 1 aliphatic heterocycles. The van der Waals surface area contributed by atoms with Gasteiger partial charge in [-0.15, -0.1) is 0 Å². The average molecular weight is 426 g/mol. The summed E-state index contributed by atoms with van der Waals surface area (Å²) in [6.45, 7) is 1.91. The Balaban J connectivity index is 1.98. The Kier molecular flexibility index (Phi) is 4.59. The molecule has 1 atom stereocenters. The van der Waals surface area contributed by atoms with Crippen LogP contribution in [0, 0.1) is 10.1 Å². The lowest BCUT2D eigenvalue weighted by Gasteiger charge is -2.18. The van der Waals surface area contributed by atoms with E-state index in [4.69, 9.17) is 4.74 Å². The maximum absolute atomic E-state index is 13.7. The Labute approximate surface area is 182 Å². The molecular weight excluding hydrogens is 408 g/mol. The molecule has 32 heavy (non-hydrogen) atoms. The summed E-state index contributed by atoms with van der Waals surface area (Å²) in [5, 5.41) is 12.3. The number of non-ortho nitro benzene ring substituents is 1. The molecule has 0 saturated carbocycles. The molecule has 0 fully saturated rings. The number of nitro groups is 1. The van der Waals surface area contributed by atoms with Crippen molar-refractivity contribution in [2.24, 2.45) is 0 Å². The first kappa shape index (κ1) is 19.7. The summed E-state index contributed by atoms with van der Waals surface area (Å²) in [6.07, 6.45) is 0. The zero-order valence-electron chi connectivity index (χ0n) is 17.1. The summed E-state index contributed by atoms with van der Waals surface area (Å²) in [6, 6.07) is 20.0. The van der Waals surface area contributed by atoms with E-state index in [0.29, 0.717) is 27.6 Å². The fourth-order valence-corrected chi connectivity index (χ4v) is 4.47. The molecule has 158 valence electrons. The van der Waals surface area contributed by atoms with Gasteiger partial charge in [0, 0.05) is 34.0 Å². The zero-order chi connectivity index (χ0) is 22.4. The third kappa shape index (κ3) is 2.82. The topological polar surface area (TPSA) is 91.4 Å². The predicted octanol–water partition coefficient (Wildman–Crippen LogP) is 4.71. The highest BCUT2D eigenvalue weighted by Crippen LogP contribution is 2.46. The zero-order valence-corrected chi connectivity index (χ0v) is 17.1. The number of carbonyl (C=O) groups is 1. The molecule has 2 heterocycles. The Morgan fingerprint density at radius 1 is 1.03 bits per heavy atom. The van der Waals surface area contributed by atoms with Crippen molar-refractivity contribution in [1.82, 2.24) is 4.57 Å². The minimum Gasteiger partial charge on any atom is -0.464 e. The first-order valence-electron chi connectivity index (χ1n) is 10.2. The van der Waals surface area contributed by atoms with Crippen molar-refractivity contribution >= 4 is 22.4 Å². The minimum atomic E-state index is -0.921. The highest BCUT2D eigenvalue weighted by atomic mass is 16.6. The molecule has 1 unspecified atom stereocenters. The number of carbonyl (C=O) groups excluding carboxylic acids is 1. The van der Waals surface area contributed by atoms with E-state index in [0.717, 1.165) is 11.1 Å². The second-order valence-electron chi connectivity index (χ2n) is 7.49. The molecule has 1 aliphatic rings. The van der Waals surface area contributed by atoms with Gasteiger partial charge in [-0.3, -0.25) is 19.5 Å². The maximum Gasteiger partial charge on any atom is 0.333 e. The lowest BCUT2D eigenvalue weighted by Crippen LogP contribution is -2.30. The van der Waals surface area contributed by atoms with E-state index in [1.807, 2.05) is 54.6 Å². The van der Waals surface area contributed by atoms with Crippen LogP contribution in [0.2, 0.25) is 0 Å². The number of fused-ring (bicyclic) bond motifs is 4. The van der Waals surface area contributed by atoms with Gasteiger partial charge in [0.05, 0.1) is 17.2 Å². The van der Waals surface area contributed by atoms with Gasteiger partial charge >= 0.3 is 5.97 Å². The minimum absolute atomic E-state index is 0.104. The van der Waals surface area contributed by atoms with Crippen molar-refractivity contribution in [2.75, 3.05) is 6.61 Å². The van der Waals surface area contributed by atoms with Crippen LogP contribution in [0.4, 0.5) is 5.69 Å². The quantitative estimate of drug-likeness (QED) is 0.268. The maximum atomic E-state index is 13.7. The number of pyridine rings is 1. The lowest BCUT2D eigenvalue weighted by molar-refractivity contribution is -0.384. The molecule has 0 N–H and O–H groups in total. The summed E-state index contributed by atoms with van der Waals surface area (Å²) < 4.78 is 6.79. The van der Waals surface area contributed by atoms with Gasteiger partial charge in [0.25, 0.3) is 11.2 Å². The normalized spacial score (nSPS) is 14.1. The van der Waals surface area contributed by atoms with Crippen LogP contribution in [0.25, 0.3) is 33.2 Å². The van der Waals surface area contributed by atoms with E-state index < -0.39 is 16.9 Å². The van der Waals surface area contributed by atoms with Crippen LogP contribution in [-0.4, -0.2) is 22.1 Å². The number of hydrogen-bond donors (Lipinski definition) is 0. The highest BCUT2D eigenvalue weighted by Gasteiger charge is 2.38. The summed E-state index contributed by atoms with van der Waals surface area (Å²) in [7, 11) is 0. The molecule has 0 aliphatic carbocycles. The number of aromatic nitrogens is 1. The van der Waals surface area contributed by atoms with Crippen LogP contribution in [0.15, 0.2) is 77.6 Å². The van der Waals surface area contributed by atoms with E-state index in [2.05, 4.69) is 0 Å². The Hall–Kier alpha value is -4.26. The summed E-state index contributed by atoms with van der Waals surface area (Å²) >= 11 is 0. The highest BCUT2D eigenvalue weighted by molar-refractivity contribution is 6.06. The van der Waals surface area contributed by atoms with Crippen LogP contribution in [0.3, 0.4) is 0 Å². The van der Waals surface area contributed by atoms with Gasteiger partial charge in [-0.1, -0.05) is 54.6 Å². The number of esters is 1. The fraction of sp³-hybridized carbons (Fsp3) is 0.120. The molecule has 7 heteroatoms. The predicted molar refractivity (Wildman–Crippen MR) is 121 cm³/mol. The molecule has 0 bridgehead atoms. The van der Waals surface area contributed by atoms with Crippen LogP contribution < -0.4 is 5.56 Å². The van der Waals surface area contributed by atoms with Crippen LogP contribution in [0.5, 0.6) is 0 Å². The molecule has 0 radical (unpaired) electrons. The molecule has 5 rings (SSSR count). The summed E-state index contributed by atoms with van der Waals surface area (Å²) in [5.41, 5.74) is 2.93. The van der Waals surface area contributed by atoms with E-state index in [1.54, 1.807) is 6.92 Å². The third-order valence-electron chi connectivity index (χ3n) is 5.75.